The van der Waals surface area contributed by atoms with E-state index in [4.69, 9.17) is 9.47 Å². The standard InChI is InChI=1S/C20H24O3/c1-15-17-13-19(10-6-3-7-11-19)14-22-20(17,23-18(15)21)12-16-8-4-2-5-9-16/h2,4-5,8-9H,3,6-7,10-14H2,1H3/t20-/m0/s1. The molecule has 1 aromatic rings. The predicted molar refractivity (Wildman–Crippen MR) is 87.8 cm³/mol. The second-order valence-electron chi connectivity index (χ2n) is 7.43. The first-order chi connectivity index (χ1) is 11.1. The van der Waals surface area contributed by atoms with Gasteiger partial charge in [-0.05, 0) is 37.2 Å². The molecule has 0 aromatic heterocycles. The Morgan fingerprint density at radius 1 is 1.09 bits per heavy atom. The van der Waals surface area contributed by atoms with Gasteiger partial charge in [-0.15, -0.1) is 0 Å². The van der Waals surface area contributed by atoms with Gasteiger partial charge in [0.2, 0.25) is 5.79 Å². The number of hydrogen-bond donors (Lipinski definition) is 0. The summed E-state index contributed by atoms with van der Waals surface area (Å²) in [5.74, 6) is -1.06. The van der Waals surface area contributed by atoms with Gasteiger partial charge in [-0.25, -0.2) is 4.79 Å². The molecule has 1 spiro atoms. The third-order valence-corrected chi connectivity index (χ3v) is 5.83. The average molecular weight is 312 g/mol. The maximum atomic E-state index is 12.2. The van der Waals surface area contributed by atoms with E-state index in [9.17, 15) is 4.79 Å². The molecule has 0 bridgehead atoms. The normalized spacial score (nSPS) is 29.5. The molecule has 1 aromatic carbocycles. The maximum Gasteiger partial charge on any atom is 0.336 e. The van der Waals surface area contributed by atoms with Crippen LogP contribution in [0.15, 0.2) is 41.5 Å². The minimum atomic E-state index is -0.856. The molecule has 122 valence electrons. The molecule has 0 N–H and O–H groups in total. The van der Waals surface area contributed by atoms with E-state index in [1.54, 1.807) is 0 Å². The van der Waals surface area contributed by atoms with Gasteiger partial charge in [0.05, 0.1) is 6.61 Å². The molecule has 1 atom stereocenters. The molecule has 4 rings (SSSR count). The first-order valence-corrected chi connectivity index (χ1v) is 8.74. The summed E-state index contributed by atoms with van der Waals surface area (Å²) in [5, 5.41) is 0. The van der Waals surface area contributed by atoms with Crippen molar-refractivity contribution in [3.05, 3.63) is 47.0 Å². The minimum absolute atomic E-state index is 0.205. The van der Waals surface area contributed by atoms with Crippen LogP contribution in [-0.4, -0.2) is 18.4 Å². The number of carbonyl (C=O) groups excluding carboxylic acids is 1. The van der Waals surface area contributed by atoms with Crippen LogP contribution in [-0.2, 0) is 20.7 Å². The maximum absolute atomic E-state index is 12.2. The van der Waals surface area contributed by atoms with Crippen molar-refractivity contribution in [3.8, 4) is 0 Å². The lowest BCUT2D eigenvalue weighted by Crippen LogP contribution is -2.48. The fourth-order valence-electron chi connectivity index (χ4n) is 4.46. The predicted octanol–water partition coefficient (Wildman–Crippen LogP) is 4.17. The highest BCUT2D eigenvalue weighted by Gasteiger charge is 2.54. The third-order valence-electron chi connectivity index (χ3n) is 5.83. The molecule has 0 amide bonds. The van der Waals surface area contributed by atoms with Gasteiger partial charge < -0.3 is 9.47 Å². The van der Waals surface area contributed by atoms with Crippen LogP contribution >= 0.6 is 0 Å². The first kappa shape index (κ1) is 14.9. The monoisotopic (exact) mass is 312 g/mol. The molecule has 2 heterocycles. The second kappa shape index (κ2) is 5.48. The van der Waals surface area contributed by atoms with Crippen LogP contribution in [0.4, 0.5) is 0 Å². The van der Waals surface area contributed by atoms with Crippen LogP contribution in [0.1, 0.15) is 51.0 Å². The summed E-state index contributed by atoms with van der Waals surface area (Å²) in [6.07, 6.45) is 7.86. The van der Waals surface area contributed by atoms with Crippen LogP contribution in [0.3, 0.4) is 0 Å². The molecule has 1 aliphatic carbocycles. The molecule has 2 fully saturated rings. The van der Waals surface area contributed by atoms with E-state index in [0.717, 1.165) is 23.1 Å². The SMILES string of the molecule is CC1=C2CC3(CCCCC3)CO[C@@]2(Cc2ccccc2)OC1=O. The Morgan fingerprint density at radius 2 is 1.83 bits per heavy atom. The lowest BCUT2D eigenvalue weighted by molar-refractivity contribution is -0.230. The molecule has 23 heavy (non-hydrogen) atoms. The topological polar surface area (TPSA) is 35.5 Å². The van der Waals surface area contributed by atoms with Gasteiger partial charge >= 0.3 is 5.97 Å². The zero-order valence-electron chi connectivity index (χ0n) is 13.8. The van der Waals surface area contributed by atoms with E-state index in [0.29, 0.717) is 13.0 Å². The van der Waals surface area contributed by atoms with Crippen LogP contribution in [0.2, 0.25) is 0 Å². The molecule has 3 nitrogen and oxygen atoms in total. The van der Waals surface area contributed by atoms with Gasteiger partial charge in [0.1, 0.15) is 0 Å². The molecular formula is C20H24O3. The van der Waals surface area contributed by atoms with Gasteiger partial charge in [0.15, 0.2) is 0 Å². The van der Waals surface area contributed by atoms with E-state index in [-0.39, 0.29) is 11.4 Å². The van der Waals surface area contributed by atoms with Gasteiger partial charge in [-0.2, -0.15) is 0 Å². The van der Waals surface area contributed by atoms with E-state index >= 15 is 0 Å². The smallest absolute Gasteiger partial charge is 0.336 e. The number of ether oxygens (including phenoxy) is 2. The van der Waals surface area contributed by atoms with E-state index in [2.05, 4.69) is 12.1 Å². The largest absolute Gasteiger partial charge is 0.425 e. The lowest BCUT2D eigenvalue weighted by atomic mass is 9.67. The Balaban J connectivity index is 1.66. The van der Waals surface area contributed by atoms with Crippen molar-refractivity contribution in [2.24, 2.45) is 5.41 Å². The van der Waals surface area contributed by atoms with Gasteiger partial charge in [-0.3, -0.25) is 0 Å². The molecule has 3 aliphatic rings. The number of carbonyl (C=O) groups is 1. The second-order valence-corrected chi connectivity index (χ2v) is 7.43. The first-order valence-electron chi connectivity index (χ1n) is 8.74. The summed E-state index contributed by atoms with van der Waals surface area (Å²) in [4.78, 5) is 12.2. The quantitative estimate of drug-likeness (QED) is 0.769. The fraction of sp³-hybridized carbons (Fsp3) is 0.550. The highest BCUT2D eigenvalue weighted by atomic mass is 16.7. The Labute approximate surface area is 137 Å². The van der Waals surface area contributed by atoms with Crippen LogP contribution in [0.5, 0.6) is 0 Å². The van der Waals surface area contributed by atoms with Gasteiger partial charge in [0.25, 0.3) is 0 Å². The Bertz CT molecular complexity index is 640. The Morgan fingerprint density at radius 3 is 2.57 bits per heavy atom. The molecule has 2 aliphatic heterocycles. The zero-order chi connectivity index (χ0) is 15.9. The summed E-state index contributed by atoms with van der Waals surface area (Å²) in [6.45, 7) is 2.61. The Kier molecular flexibility index (Phi) is 3.56. The van der Waals surface area contributed by atoms with Crippen LogP contribution in [0, 0.1) is 5.41 Å². The minimum Gasteiger partial charge on any atom is -0.425 e. The van der Waals surface area contributed by atoms with E-state index in [1.165, 1.54) is 32.1 Å². The molecule has 1 saturated carbocycles. The summed E-state index contributed by atoms with van der Waals surface area (Å²) >= 11 is 0. The summed E-state index contributed by atoms with van der Waals surface area (Å²) < 4.78 is 12.1. The summed E-state index contributed by atoms with van der Waals surface area (Å²) in [7, 11) is 0. The van der Waals surface area contributed by atoms with E-state index < -0.39 is 5.79 Å². The van der Waals surface area contributed by atoms with Crippen molar-refractivity contribution in [3.63, 3.8) is 0 Å². The zero-order valence-corrected chi connectivity index (χ0v) is 13.8. The van der Waals surface area contributed by atoms with Crippen molar-refractivity contribution in [1.29, 1.82) is 0 Å². The third kappa shape index (κ3) is 2.51. The molecular weight excluding hydrogens is 288 g/mol. The number of fused-ring (bicyclic) bond motifs is 1. The van der Waals surface area contributed by atoms with E-state index in [1.807, 2.05) is 25.1 Å². The highest BCUT2D eigenvalue weighted by Crippen LogP contribution is 2.52. The molecule has 1 saturated heterocycles. The van der Waals surface area contributed by atoms with Crippen molar-refractivity contribution < 1.29 is 14.3 Å². The van der Waals surface area contributed by atoms with Crippen molar-refractivity contribution in [2.75, 3.05) is 6.61 Å². The van der Waals surface area contributed by atoms with Crippen LogP contribution < -0.4 is 0 Å². The van der Waals surface area contributed by atoms with Crippen molar-refractivity contribution in [1.82, 2.24) is 0 Å². The number of esters is 1. The highest BCUT2D eigenvalue weighted by molar-refractivity contribution is 5.92. The van der Waals surface area contributed by atoms with Gasteiger partial charge in [0, 0.05) is 17.6 Å². The fourth-order valence-corrected chi connectivity index (χ4v) is 4.46. The van der Waals surface area contributed by atoms with Crippen LogP contribution in [0.25, 0.3) is 0 Å². The van der Waals surface area contributed by atoms with Gasteiger partial charge in [-0.1, -0.05) is 49.6 Å². The summed E-state index contributed by atoms with van der Waals surface area (Å²) in [6, 6.07) is 10.2. The molecule has 0 radical (unpaired) electrons. The van der Waals surface area contributed by atoms with Crippen molar-refractivity contribution in [2.45, 2.75) is 57.7 Å². The molecule has 0 unspecified atom stereocenters. The summed E-state index contributed by atoms with van der Waals surface area (Å²) in [5.41, 5.74) is 3.24. The number of benzene rings is 1. The number of rotatable bonds is 2. The average Bonchev–Trinajstić information content (AvgIpc) is 2.81. The van der Waals surface area contributed by atoms with Crippen molar-refractivity contribution >= 4 is 5.97 Å². The Hall–Kier alpha value is -1.61. The lowest BCUT2D eigenvalue weighted by Gasteiger charge is -2.47. The molecule has 3 heteroatoms. The number of hydrogen-bond acceptors (Lipinski definition) is 3.